The molecule has 0 fully saturated rings. The van der Waals surface area contributed by atoms with Gasteiger partial charge < -0.3 is 0 Å². The molecule has 0 N–H and O–H groups in total. The van der Waals surface area contributed by atoms with Crippen LogP contribution in [0.1, 0.15) is 58.4 Å². The normalized spacial score (nSPS) is 11.1. The first kappa shape index (κ1) is 17.0. The van der Waals surface area contributed by atoms with Crippen LogP contribution < -0.4 is 0 Å². The predicted molar refractivity (Wildman–Crippen MR) is 93.8 cm³/mol. The van der Waals surface area contributed by atoms with Crippen molar-refractivity contribution in [1.29, 1.82) is 0 Å². The average molecular weight is 333 g/mol. The third kappa shape index (κ3) is 5.94. The van der Waals surface area contributed by atoms with E-state index >= 15 is 0 Å². The van der Waals surface area contributed by atoms with Crippen LogP contribution in [0.2, 0.25) is 0 Å². The Bertz CT molecular complexity index is 485. The summed E-state index contributed by atoms with van der Waals surface area (Å²) in [5.74, 6) is 0. The van der Waals surface area contributed by atoms with Gasteiger partial charge in [0.05, 0.1) is 0 Å². The summed E-state index contributed by atoms with van der Waals surface area (Å²) in [6, 6.07) is 8.37. The maximum absolute atomic E-state index is 3.53. The van der Waals surface area contributed by atoms with Gasteiger partial charge in [0.15, 0.2) is 0 Å². The minimum Gasteiger partial charge on any atom is -0.116 e. The molecule has 0 heterocycles. The number of hydrogen-bond donors (Lipinski definition) is 0. The van der Waals surface area contributed by atoms with Gasteiger partial charge in [-0.05, 0) is 60.6 Å². The molecule has 0 spiro atoms. The van der Waals surface area contributed by atoms with Gasteiger partial charge in [0.25, 0.3) is 0 Å². The highest BCUT2D eigenvalue weighted by Gasteiger charge is 2.01. The van der Waals surface area contributed by atoms with Crippen molar-refractivity contribution in [2.75, 3.05) is 0 Å². The first-order valence-electron chi connectivity index (χ1n) is 7.61. The predicted octanol–water partition coefficient (Wildman–Crippen LogP) is 6.92. The number of allylic oxidation sites excluding steroid dienone is 3. The average Bonchev–Trinajstić information content (AvgIpc) is 2.47. The maximum Gasteiger partial charge on any atom is 0.0175 e. The van der Waals surface area contributed by atoms with Gasteiger partial charge in [-0.15, -0.1) is 5.73 Å². The summed E-state index contributed by atoms with van der Waals surface area (Å²) in [6.45, 7) is 6.67. The van der Waals surface area contributed by atoms with Crippen molar-refractivity contribution in [2.24, 2.45) is 0 Å². The fourth-order valence-electron chi connectivity index (χ4n) is 2.14. The van der Waals surface area contributed by atoms with Gasteiger partial charge in [0.1, 0.15) is 0 Å². The van der Waals surface area contributed by atoms with Gasteiger partial charge in [0.2, 0.25) is 0 Å². The molecular weight excluding hydrogens is 308 g/mol. The van der Waals surface area contributed by atoms with Crippen LogP contribution >= 0.6 is 15.9 Å². The summed E-state index contributed by atoms with van der Waals surface area (Å²) in [7, 11) is 0. The quantitative estimate of drug-likeness (QED) is 0.375. The topological polar surface area (TPSA) is 0 Å². The Hall–Kier alpha value is -1.04. The molecule has 0 unspecified atom stereocenters. The smallest absolute Gasteiger partial charge is 0.0175 e. The van der Waals surface area contributed by atoms with Gasteiger partial charge in [-0.25, -0.2) is 0 Å². The highest BCUT2D eigenvalue weighted by molar-refractivity contribution is 9.10. The second kappa shape index (κ2) is 9.80. The number of hydrogen-bond acceptors (Lipinski definition) is 0. The van der Waals surface area contributed by atoms with Gasteiger partial charge in [-0.3, -0.25) is 0 Å². The van der Waals surface area contributed by atoms with E-state index in [2.05, 4.69) is 78.8 Å². The first-order chi connectivity index (χ1) is 9.71. The van der Waals surface area contributed by atoms with Crippen LogP contribution in [0.3, 0.4) is 0 Å². The second-order valence-electron chi connectivity index (χ2n) is 4.91. The highest BCUT2D eigenvalue weighted by atomic mass is 79.9. The molecule has 0 bridgehead atoms. The monoisotopic (exact) mass is 332 g/mol. The third-order valence-corrected chi connectivity index (χ3v) is 3.81. The van der Waals surface area contributed by atoms with Crippen molar-refractivity contribution >= 4 is 22.0 Å². The third-order valence-electron chi connectivity index (χ3n) is 3.28. The summed E-state index contributed by atoms with van der Waals surface area (Å²) in [5, 5.41) is 0. The van der Waals surface area contributed by atoms with Crippen molar-refractivity contribution < 1.29 is 0 Å². The van der Waals surface area contributed by atoms with Crippen molar-refractivity contribution in [3.63, 3.8) is 0 Å². The standard InChI is InChI=1S/C19H25Br/c1-4-7-9-18(17(6-3)8-5-2)13-10-16-11-14-19(20)15-12-16/h8,10-12,14-15H,4-7,9H2,1-3H3/b17-8+. The zero-order valence-electron chi connectivity index (χ0n) is 12.9. The van der Waals surface area contributed by atoms with E-state index in [1.807, 2.05) is 0 Å². The first-order valence-corrected chi connectivity index (χ1v) is 8.41. The number of unbranched alkanes of at least 4 members (excludes halogenated alkanes) is 1. The van der Waals surface area contributed by atoms with E-state index < -0.39 is 0 Å². The summed E-state index contributed by atoms with van der Waals surface area (Å²) in [6.07, 6.45) is 10.2. The Morgan fingerprint density at radius 3 is 2.40 bits per heavy atom. The van der Waals surface area contributed by atoms with Gasteiger partial charge in [-0.2, -0.15) is 0 Å². The largest absolute Gasteiger partial charge is 0.116 e. The van der Waals surface area contributed by atoms with E-state index in [0.717, 1.165) is 23.7 Å². The van der Waals surface area contributed by atoms with Gasteiger partial charge in [-0.1, -0.05) is 61.3 Å². The lowest BCUT2D eigenvalue weighted by Crippen LogP contribution is -1.88. The fourth-order valence-corrected chi connectivity index (χ4v) is 2.40. The molecule has 108 valence electrons. The second-order valence-corrected chi connectivity index (χ2v) is 5.83. The van der Waals surface area contributed by atoms with Gasteiger partial charge >= 0.3 is 0 Å². The Labute approximate surface area is 132 Å². The van der Waals surface area contributed by atoms with Crippen LogP contribution in [-0.4, -0.2) is 0 Å². The molecule has 1 aromatic carbocycles. The highest BCUT2D eigenvalue weighted by Crippen LogP contribution is 2.20. The van der Waals surface area contributed by atoms with Crippen LogP contribution in [0.5, 0.6) is 0 Å². The van der Waals surface area contributed by atoms with Crippen molar-refractivity contribution in [3.05, 3.63) is 57.3 Å². The molecule has 0 atom stereocenters. The SMILES string of the molecule is CC/C=C(\CC)C(=C=Cc1ccc(Br)cc1)CCCC. The molecule has 1 aromatic rings. The van der Waals surface area contributed by atoms with Crippen LogP contribution in [0.15, 0.2) is 51.7 Å². The molecule has 20 heavy (non-hydrogen) atoms. The molecule has 0 saturated carbocycles. The van der Waals surface area contributed by atoms with E-state index in [1.165, 1.54) is 29.6 Å². The Morgan fingerprint density at radius 2 is 1.85 bits per heavy atom. The molecule has 0 aliphatic heterocycles. The summed E-state index contributed by atoms with van der Waals surface area (Å²) < 4.78 is 1.12. The lowest BCUT2D eigenvalue weighted by molar-refractivity contribution is 0.785. The maximum atomic E-state index is 3.53. The molecule has 0 saturated heterocycles. The molecule has 1 heteroatoms. The molecular formula is C19H25Br. The van der Waals surface area contributed by atoms with Gasteiger partial charge in [0, 0.05) is 4.47 Å². The van der Waals surface area contributed by atoms with Crippen LogP contribution in [-0.2, 0) is 0 Å². The Balaban J connectivity index is 3.04. The molecule has 0 nitrogen and oxygen atoms in total. The van der Waals surface area contributed by atoms with E-state index in [9.17, 15) is 0 Å². The van der Waals surface area contributed by atoms with E-state index in [-0.39, 0.29) is 0 Å². The zero-order valence-corrected chi connectivity index (χ0v) is 14.5. The zero-order chi connectivity index (χ0) is 14.8. The lowest BCUT2D eigenvalue weighted by atomic mass is 9.97. The van der Waals surface area contributed by atoms with Crippen molar-refractivity contribution in [3.8, 4) is 0 Å². The van der Waals surface area contributed by atoms with Crippen LogP contribution in [0.4, 0.5) is 0 Å². The van der Waals surface area contributed by atoms with E-state index in [4.69, 9.17) is 0 Å². The summed E-state index contributed by atoms with van der Waals surface area (Å²) >= 11 is 3.47. The minimum absolute atomic E-state index is 1.09. The molecule has 0 aliphatic carbocycles. The van der Waals surface area contributed by atoms with Crippen LogP contribution in [0.25, 0.3) is 6.08 Å². The van der Waals surface area contributed by atoms with E-state index in [0.29, 0.717) is 0 Å². The number of rotatable bonds is 7. The van der Waals surface area contributed by atoms with Crippen LogP contribution in [0, 0.1) is 0 Å². The molecule has 0 aromatic heterocycles. The fraction of sp³-hybridized carbons (Fsp3) is 0.421. The number of benzene rings is 1. The lowest BCUT2D eigenvalue weighted by Gasteiger charge is -2.07. The molecule has 0 aliphatic rings. The van der Waals surface area contributed by atoms with Crippen molar-refractivity contribution in [2.45, 2.75) is 52.9 Å². The molecule has 0 radical (unpaired) electrons. The van der Waals surface area contributed by atoms with E-state index in [1.54, 1.807) is 0 Å². The minimum atomic E-state index is 1.09. The summed E-state index contributed by atoms with van der Waals surface area (Å²) in [4.78, 5) is 0. The number of halogens is 1. The molecule has 1 rings (SSSR count). The Kier molecular flexibility index (Phi) is 8.34. The molecule has 0 amide bonds. The Morgan fingerprint density at radius 1 is 1.15 bits per heavy atom. The van der Waals surface area contributed by atoms with Crippen molar-refractivity contribution in [1.82, 2.24) is 0 Å². The summed E-state index contributed by atoms with van der Waals surface area (Å²) in [5.41, 5.74) is 7.56.